The molecule has 0 aliphatic heterocycles. The van der Waals surface area contributed by atoms with Gasteiger partial charge in [0.2, 0.25) is 5.13 Å². The van der Waals surface area contributed by atoms with E-state index in [9.17, 15) is 9.18 Å². The Kier molecular flexibility index (Phi) is 5.27. The summed E-state index contributed by atoms with van der Waals surface area (Å²) in [7, 11) is 0. The Balaban J connectivity index is 1.50. The number of amides is 1. The summed E-state index contributed by atoms with van der Waals surface area (Å²) in [5.41, 5.74) is 3.01. The van der Waals surface area contributed by atoms with Gasteiger partial charge in [0, 0.05) is 18.0 Å². The fraction of sp³-hybridized carbons (Fsp3) is 0. The van der Waals surface area contributed by atoms with Gasteiger partial charge in [0.05, 0.1) is 16.9 Å². The van der Waals surface area contributed by atoms with Crippen molar-refractivity contribution >= 4 is 22.4 Å². The van der Waals surface area contributed by atoms with Gasteiger partial charge in [-0.05, 0) is 24.3 Å². The number of nitrogens with zero attached hydrogens (tertiary/aromatic N) is 4. The number of thiazole rings is 1. The molecular weight excluding hydrogens is 425 g/mol. The molecule has 2 aromatic carbocycles. The molecule has 8 heteroatoms. The number of carbonyl (C=O) groups is 1. The highest BCUT2D eigenvalue weighted by atomic mass is 32.1. The highest BCUT2D eigenvalue weighted by molar-refractivity contribution is 7.14. The Morgan fingerprint density at radius 1 is 0.906 bits per heavy atom. The molecule has 0 saturated heterocycles. The van der Waals surface area contributed by atoms with Gasteiger partial charge >= 0.3 is 0 Å². The first-order valence-corrected chi connectivity index (χ1v) is 10.6. The molecule has 0 radical (unpaired) electrons. The number of benzene rings is 2. The molecule has 0 unspecified atom stereocenters. The smallest absolute Gasteiger partial charge is 0.261 e. The Labute approximate surface area is 187 Å². The minimum atomic E-state index is -0.512. The van der Waals surface area contributed by atoms with Crippen LogP contribution in [0, 0.1) is 5.13 Å². The highest BCUT2D eigenvalue weighted by Gasteiger charge is 2.21. The highest BCUT2D eigenvalue weighted by Crippen LogP contribution is 2.30. The minimum Gasteiger partial charge on any atom is -0.298 e. The van der Waals surface area contributed by atoms with Crippen LogP contribution in [0.1, 0.15) is 10.4 Å². The molecule has 3 aromatic heterocycles. The van der Waals surface area contributed by atoms with Crippen molar-refractivity contribution in [2.24, 2.45) is 0 Å². The molecule has 0 atom stereocenters. The van der Waals surface area contributed by atoms with E-state index in [0.29, 0.717) is 17.0 Å². The van der Waals surface area contributed by atoms with Crippen LogP contribution in [0.3, 0.4) is 0 Å². The molecule has 0 fully saturated rings. The summed E-state index contributed by atoms with van der Waals surface area (Å²) in [6.07, 6.45) is 3.23. The number of carbonyl (C=O) groups excluding carboxylic acids is 1. The van der Waals surface area contributed by atoms with E-state index in [-0.39, 0.29) is 10.8 Å². The van der Waals surface area contributed by atoms with Crippen LogP contribution >= 0.6 is 11.3 Å². The van der Waals surface area contributed by atoms with Crippen molar-refractivity contribution in [2.45, 2.75) is 0 Å². The summed E-state index contributed by atoms with van der Waals surface area (Å²) in [5, 5.41) is 6.99. The van der Waals surface area contributed by atoms with Gasteiger partial charge in [0.25, 0.3) is 5.91 Å². The molecule has 1 N–H and O–H groups in total. The predicted molar refractivity (Wildman–Crippen MR) is 122 cm³/mol. The maximum Gasteiger partial charge on any atom is 0.261 e. The van der Waals surface area contributed by atoms with E-state index in [1.165, 1.54) is 0 Å². The van der Waals surface area contributed by atoms with Gasteiger partial charge in [-0.2, -0.15) is 9.49 Å². The van der Waals surface area contributed by atoms with Crippen molar-refractivity contribution in [3.63, 3.8) is 0 Å². The van der Waals surface area contributed by atoms with E-state index in [4.69, 9.17) is 0 Å². The summed E-state index contributed by atoms with van der Waals surface area (Å²) in [4.78, 5) is 21.5. The van der Waals surface area contributed by atoms with Crippen molar-refractivity contribution in [1.82, 2.24) is 19.7 Å². The monoisotopic (exact) mass is 441 g/mol. The van der Waals surface area contributed by atoms with Crippen molar-refractivity contribution in [3.8, 4) is 28.3 Å². The predicted octanol–water partition coefficient (Wildman–Crippen LogP) is 5.45. The Bertz CT molecular complexity index is 1370. The van der Waals surface area contributed by atoms with Crippen molar-refractivity contribution in [2.75, 3.05) is 5.32 Å². The largest absolute Gasteiger partial charge is 0.298 e. The average Bonchev–Trinajstić information content (AvgIpc) is 3.45. The Hall–Kier alpha value is -4.17. The molecule has 3 heterocycles. The van der Waals surface area contributed by atoms with Gasteiger partial charge in [-0.15, -0.1) is 0 Å². The summed E-state index contributed by atoms with van der Waals surface area (Å²) < 4.78 is 16.1. The third kappa shape index (κ3) is 3.91. The second-order valence-corrected chi connectivity index (χ2v) is 7.80. The molecule has 1 amide bonds. The molecule has 0 bridgehead atoms. The second kappa shape index (κ2) is 8.52. The molecular formula is C24H16FN5OS. The third-order valence-corrected chi connectivity index (χ3v) is 5.50. The quantitative estimate of drug-likeness (QED) is 0.394. The molecule has 5 aromatic rings. The lowest BCUT2D eigenvalue weighted by Crippen LogP contribution is -2.12. The van der Waals surface area contributed by atoms with Gasteiger partial charge in [-0.25, -0.2) is 9.67 Å². The number of para-hydroxylation sites is 1. The molecule has 156 valence electrons. The number of halogens is 1. The first-order valence-electron chi connectivity index (χ1n) is 9.78. The first kappa shape index (κ1) is 19.8. The SMILES string of the molecule is O=C(Nc1nc(-c2ccccn2)c(F)s1)c1cn(-c2ccccc2)nc1-c1ccccc1. The first-order chi connectivity index (χ1) is 15.7. The topological polar surface area (TPSA) is 72.7 Å². The van der Waals surface area contributed by atoms with E-state index in [2.05, 4.69) is 20.4 Å². The maximum absolute atomic E-state index is 14.5. The lowest BCUT2D eigenvalue weighted by molar-refractivity contribution is 0.102. The molecule has 0 spiro atoms. The van der Waals surface area contributed by atoms with Crippen LogP contribution in [-0.2, 0) is 0 Å². The van der Waals surface area contributed by atoms with Crippen LogP contribution in [0.2, 0.25) is 0 Å². The molecule has 32 heavy (non-hydrogen) atoms. The standard InChI is InChI=1S/C24H16FN5OS/c25-22-21(19-13-7-8-14-26-19)27-24(32-22)28-23(31)18-15-30(17-11-5-2-6-12-17)29-20(18)16-9-3-1-4-10-16/h1-15H,(H,27,28,31). The van der Waals surface area contributed by atoms with Crippen molar-refractivity contribution < 1.29 is 9.18 Å². The van der Waals surface area contributed by atoms with E-state index < -0.39 is 11.0 Å². The van der Waals surface area contributed by atoms with E-state index in [0.717, 1.165) is 22.6 Å². The van der Waals surface area contributed by atoms with Gasteiger partial charge in [-0.3, -0.25) is 15.1 Å². The zero-order chi connectivity index (χ0) is 21.9. The third-order valence-electron chi connectivity index (χ3n) is 4.74. The number of aromatic nitrogens is 4. The molecule has 0 aliphatic rings. The molecule has 6 nitrogen and oxygen atoms in total. The van der Waals surface area contributed by atoms with Crippen LogP contribution in [-0.4, -0.2) is 25.7 Å². The summed E-state index contributed by atoms with van der Waals surface area (Å²) in [6, 6.07) is 24.1. The number of pyridine rings is 1. The Morgan fingerprint density at radius 3 is 2.34 bits per heavy atom. The van der Waals surface area contributed by atoms with Gasteiger partial charge < -0.3 is 0 Å². The molecule has 5 rings (SSSR count). The van der Waals surface area contributed by atoms with Crippen molar-refractivity contribution in [3.05, 3.63) is 102 Å². The average molecular weight is 441 g/mol. The fourth-order valence-corrected chi connectivity index (χ4v) is 3.94. The van der Waals surface area contributed by atoms with Crippen molar-refractivity contribution in [1.29, 1.82) is 0 Å². The van der Waals surface area contributed by atoms with Gasteiger partial charge in [-0.1, -0.05) is 65.9 Å². The Morgan fingerprint density at radius 2 is 1.62 bits per heavy atom. The van der Waals surface area contributed by atoms with Crippen LogP contribution < -0.4 is 5.32 Å². The van der Waals surface area contributed by atoms with Crippen LogP contribution in [0.15, 0.2) is 91.3 Å². The molecule has 0 saturated carbocycles. The summed E-state index contributed by atoms with van der Waals surface area (Å²) in [6.45, 7) is 0. The second-order valence-electron chi connectivity index (χ2n) is 6.85. The minimum absolute atomic E-state index is 0.106. The zero-order valence-corrected chi connectivity index (χ0v) is 17.5. The number of nitrogens with one attached hydrogen (secondary N) is 1. The van der Waals surface area contributed by atoms with Crippen LogP contribution in [0.5, 0.6) is 0 Å². The van der Waals surface area contributed by atoms with Crippen LogP contribution in [0.4, 0.5) is 9.52 Å². The van der Waals surface area contributed by atoms with Gasteiger partial charge in [0.15, 0.2) is 5.13 Å². The normalized spacial score (nSPS) is 10.8. The van der Waals surface area contributed by atoms with Gasteiger partial charge in [0.1, 0.15) is 11.4 Å². The zero-order valence-electron chi connectivity index (χ0n) is 16.6. The number of rotatable bonds is 5. The fourth-order valence-electron chi connectivity index (χ4n) is 3.24. The summed E-state index contributed by atoms with van der Waals surface area (Å²) >= 11 is 0.760. The van der Waals surface area contributed by atoms with E-state index in [1.807, 2.05) is 60.7 Å². The number of hydrogen-bond donors (Lipinski definition) is 1. The summed E-state index contributed by atoms with van der Waals surface area (Å²) in [5.74, 6) is -0.424. The van der Waals surface area contributed by atoms with E-state index in [1.54, 1.807) is 35.3 Å². The van der Waals surface area contributed by atoms with E-state index >= 15 is 0 Å². The molecule has 0 aliphatic carbocycles. The lowest BCUT2D eigenvalue weighted by atomic mass is 10.1. The van der Waals surface area contributed by atoms with Crippen LogP contribution in [0.25, 0.3) is 28.3 Å². The lowest BCUT2D eigenvalue weighted by Gasteiger charge is -2.02. The number of anilines is 1. The number of hydrogen-bond acceptors (Lipinski definition) is 5. The maximum atomic E-state index is 14.5.